The topological polar surface area (TPSA) is 60.5 Å². The van der Waals surface area contributed by atoms with E-state index in [0.29, 0.717) is 29.4 Å². The normalized spacial score (nSPS) is 10.6. The van der Waals surface area contributed by atoms with E-state index in [1.165, 1.54) is 0 Å². The average molecular weight is 398 g/mol. The smallest absolute Gasteiger partial charge is 0.251 e. The fourth-order valence-electron chi connectivity index (χ4n) is 3.25. The van der Waals surface area contributed by atoms with Crippen LogP contribution in [0.4, 0.5) is 0 Å². The Morgan fingerprint density at radius 3 is 2.57 bits per heavy atom. The van der Waals surface area contributed by atoms with Crippen molar-refractivity contribution in [3.05, 3.63) is 95.7 Å². The summed E-state index contributed by atoms with van der Waals surface area (Å²) in [6.45, 7) is 2.48. The van der Waals surface area contributed by atoms with Gasteiger partial charge in [0.1, 0.15) is 17.2 Å². The van der Waals surface area contributed by atoms with Crippen LogP contribution in [0.25, 0.3) is 10.9 Å². The monoisotopic (exact) mass is 398 g/mol. The van der Waals surface area contributed by atoms with Crippen LogP contribution in [0.3, 0.4) is 0 Å². The largest absolute Gasteiger partial charge is 0.497 e. The molecular formula is C25H22N2O3. The third-order valence-electron chi connectivity index (χ3n) is 4.92. The molecule has 150 valence electrons. The number of hydrogen-bond acceptors (Lipinski definition) is 4. The van der Waals surface area contributed by atoms with Crippen molar-refractivity contribution in [2.24, 2.45) is 0 Å². The van der Waals surface area contributed by atoms with Gasteiger partial charge in [-0.2, -0.15) is 0 Å². The lowest BCUT2D eigenvalue weighted by molar-refractivity contribution is 0.0950. The highest BCUT2D eigenvalue weighted by molar-refractivity contribution is 5.95. The van der Waals surface area contributed by atoms with Crippen LogP contribution in [0, 0.1) is 6.92 Å². The van der Waals surface area contributed by atoms with E-state index in [9.17, 15) is 4.79 Å². The Kier molecular flexibility index (Phi) is 5.61. The van der Waals surface area contributed by atoms with Crippen molar-refractivity contribution in [3.63, 3.8) is 0 Å². The van der Waals surface area contributed by atoms with Gasteiger partial charge in [0.15, 0.2) is 0 Å². The summed E-state index contributed by atoms with van der Waals surface area (Å²) in [6, 6.07) is 22.7. The number of ether oxygens (including phenoxy) is 2. The Morgan fingerprint density at radius 1 is 0.967 bits per heavy atom. The second kappa shape index (κ2) is 8.66. The highest BCUT2D eigenvalue weighted by Gasteiger charge is 2.12. The number of pyridine rings is 1. The zero-order valence-corrected chi connectivity index (χ0v) is 16.9. The van der Waals surface area contributed by atoms with Gasteiger partial charge < -0.3 is 14.8 Å². The first-order valence-corrected chi connectivity index (χ1v) is 9.67. The summed E-state index contributed by atoms with van der Waals surface area (Å²) < 4.78 is 11.5. The first kappa shape index (κ1) is 19.5. The van der Waals surface area contributed by atoms with Gasteiger partial charge in [-0.3, -0.25) is 9.78 Å². The van der Waals surface area contributed by atoms with E-state index < -0.39 is 0 Å². The maximum Gasteiger partial charge on any atom is 0.251 e. The number of nitrogens with zero attached hydrogens (tertiary/aromatic N) is 1. The fraction of sp³-hybridized carbons (Fsp3) is 0.120. The molecule has 0 unspecified atom stereocenters. The zero-order chi connectivity index (χ0) is 20.9. The van der Waals surface area contributed by atoms with Crippen molar-refractivity contribution in [1.82, 2.24) is 10.3 Å². The molecule has 0 aliphatic rings. The summed E-state index contributed by atoms with van der Waals surface area (Å²) in [5, 5.41) is 3.86. The molecule has 4 aromatic rings. The molecule has 0 aliphatic carbocycles. The predicted molar refractivity (Wildman–Crippen MR) is 117 cm³/mol. The summed E-state index contributed by atoms with van der Waals surface area (Å²) in [5.41, 5.74) is 3.52. The van der Waals surface area contributed by atoms with E-state index in [0.717, 1.165) is 22.0 Å². The molecule has 3 aromatic carbocycles. The number of aromatic nitrogens is 1. The minimum absolute atomic E-state index is 0.193. The average Bonchev–Trinajstić information content (AvgIpc) is 2.78. The van der Waals surface area contributed by atoms with Crippen LogP contribution < -0.4 is 14.8 Å². The predicted octanol–water partition coefficient (Wildman–Crippen LogP) is 5.27. The number of methoxy groups -OCH3 is 1. The van der Waals surface area contributed by atoms with Gasteiger partial charge in [0.25, 0.3) is 5.91 Å². The molecule has 5 heteroatoms. The molecule has 0 atom stereocenters. The number of nitrogens with one attached hydrogen (secondary N) is 1. The number of carbonyl (C=O) groups excluding carboxylic acids is 1. The van der Waals surface area contributed by atoms with E-state index in [2.05, 4.69) is 10.3 Å². The lowest BCUT2D eigenvalue weighted by atomic mass is 10.1. The van der Waals surface area contributed by atoms with Crippen LogP contribution >= 0.6 is 0 Å². The van der Waals surface area contributed by atoms with Crippen molar-refractivity contribution >= 4 is 16.8 Å². The van der Waals surface area contributed by atoms with Crippen LogP contribution in [-0.4, -0.2) is 18.0 Å². The van der Waals surface area contributed by atoms with Crippen molar-refractivity contribution in [2.45, 2.75) is 13.5 Å². The molecule has 30 heavy (non-hydrogen) atoms. The number of carbonyl (C=O) groups is 1. The van der Waals surface area contributed by atoms with E-state index in [1.54, 1.807) is 37.6 Å². The molecule has 1 N–H and O–H groups in total. The maximum atomic E-state index is 12.8. The van der Waals surface area contributed by atoms with Gasteiger partial charge in [-0.15, -0.1) is 0 Å². The molecule has 1 heterocycles. The van der Waals surface area contributed by atoms with Gasteiger partial charge in [0.2, 0.25) is 0 Å². The van der Waals surface area contributed by atoms with E-state index in [1.807, 2.05) is 55.5 Å². The van der Waals surface area contributed by atoms with Crippen molar-refractivity contribution in [3.8, 4) is 17.2 Å². The Morgan fingerprint density at radius 2 is 1.73 bits per heavy atom. The molecule has 0 radical (unpaired) electrons. The molecule has 5 nitrogen and oxygen atoms in total. The molecule has 4 rings (SSSR count). The third kappa shape index (κ3) is 4.25. The highest BCUT2D eigenvalue weighted by atomic mass is 16.5. The number of para-hydroxylation sites is 1. The Balaban J connectivity index is 1.58. The molecule has 0 bridgehead atoms. The molecule has 1 amide bonds. The van der Waals surface area contributed by atoms with Crippen LogP contribution in [0.5, 0.6) is 17.2 Å². The molecular weight excluding hydrogens is 376 g/mol. The third-order valence-corrected chi connectivity index (χ3v) is 4.92. The van der Waals surface area contributed by atoms with Crippen LogP contribution in [-0.2, 0) is 6.54 Å². The SMILES string of the molecule is COc1cc(Oc2ccnc3ccccc23)cc(C(=O)NCc2ccccc2C)c1. The van der Waals surface area contributed by atoms with Crippen molar-refractivity contribution < 1.29 is 14.3 Å². The molecule has 0 saturated carbocycles. The highest BCUT2D eigenvalue weighted by Crippen LogP contribution is 2.31. The van der Waals surface area contributed by atoms with E-state index in [4.69, 9.17) is 9.47 Å². The van der Waals surface area contributed by atoms with Gasteiger partial charge in [0.05, 0.1) is 12.6 Å². The number of rotatable bonds is 6. The first-order valence-electron chi connectivity index (χ1n) is 9.67. The minimum Gasteiger partial charge on any atom is -0.497 e. The van der Waals surface area contributed by atoms with Crippen LogP contribution in [0.15, 0.2) is 79.0 Å². The van der Waals surface area contributed by atoms with Gasteiger partial charge in [-0.1, -0.05) is 36.4 Å². The van der Waals surface area contributed by atoms with E-state index in [-0.39, 0.29) is 5.91 Å². The lowest BCUT2D eigenvalue weighted by Crippen LogP contribution is -2.23. The molecule has 0 aliphatic heterocycles. The molecule has 0 fully saturated rings. The standard InChI is InChI=1S/C25H22N2O3/c1-17-7-3-4-8-18(17)16-27-25(28)19-13-20(29-2)15-21(14-19)30-24-11-12-26-23-10-6-5-9-22(23)24/h3-15H,16H2,1-2H3,(H,27,28). The van der Waals surface area contributed by atoms with Gasteiger partial charge in [0, 0.05) is 29.8 Å². The van der Waals surface area contributed by atoms with Crippen molar-refractivity contribution in [1.29, 1.82) is 0 Å². The molecule has 0 saturated heterocycles. The first-order chi connectivity index (χ1) is 14.6. The number of hydrogen-bond donors (Lipinski definition) is 1. The maximum absolute atomic E-state index is 12.8. The quantitative estimate of drug-likeness (QED) is 0.480. The number of amides is 1. The Hall–Kier alpha value is -3.86. The lowest BCUT2D eigenvalue weighted by Gasteiger charge is -2.13. The summed E-state index contributed by atoms with van der Waals surface area (Å²) in [4.78, 5) is 17.1. The number of aryl methyl sites for hydroxylation is 1. The van der Waals surface area contributed by atoms with Gasteiger partial charge in [-0.05, 0) is 48.4 Å². The second-order valence-electron chi connectivity index (χ2n) is 6.93. The van der Waals surface area contributed by atoms with E-state index >= 15 is 0 Å². The zero-order valence-electron chi connectivity index (χ0n) is 16.9. The second-order valence-corrected chi connectivity index (χ2v) is 6.93. The summed E-state index contributed by atoms with van der Waals surface area (Å²) in [7, 11) is 1.57. The summed E-state index contributed by atoms with van der Waals surface area (Å²) in [6.07, 6.45) is 1.70. The fourth-order valence-corrected chi connectivity index (χ4v) is 3.25. The summed E-state index contributed by atoms with van der Waals surface area (Å²) >= 11 is 0. The van der Waals surface area contributed by atoms with Crippen LogP contribution in [0.2, 0.25) is 0 Å². The van der Waals surface area contributed by atoms with Gasteiger partial charge >= 0.3 is 0 Å². The van der Waals surface area contributed by atoms with Gasteiger partial charge in [-0.25, -0.2) is 0 Å². The summed E-state index contributed by atoms with van der Waals surface area (Å²) in [5.74, 6) is 1.54. The molecule has 1 aromatic heterocycles. The Bertz CT molecular complexity index is 1200. The number of fused-ring (bicyclic) bond motifs is 1. The van der Waals surface area contributed by atoms with Crippen LogP contribution in [0.1, 0.15) is 21.5 Å². The molecule has 0 spiro atoms. The Labute approximate surface area is 175 Å². The number of benzene rings is 3. The van der Waals surface area contributed by atoms with Crippen molar-refractivity contribution in [2.75, 3.05) is 7.11 Å². The minimum atomic E-state index is -0.193.